The highest BCUT2D eigenvalue weighted by atomic mass is 32.2. The third-order valence-electron chi connectivity index (χ3n) is 2.62. The van der Waals surface area contributed by atoms with Crippen LogP contribution in [0.3, 0.4) is 0 Å². The number of halogens is 1. The maximum Gasteiger partial charge on any atom is 0.237 e. The molecule has 0 radical (unpaired) electrons. The highest BCUT2D eigenvalue weighted by Gasteiger charge is 2.10. The van der Waals surface area contributed by atoms with Crippen LogP contribution >= 0.6 is 11.8 Å². The minimum absolute atomic E-state index is 0.364. The van der Waals surface area contributed by atoms with Gasteiger partial charge < -0.3 is 10.3 Å². The van der Waals surface area contributed by atoms with E-state index in [2.05, 4.69) is 15.1 Å². The lowest BCUT2D eigenvalue weighted by molar-refractivity contribution is 0.391. The van der Waals surface area contributed by atoms with Crippen molar-refractivity contribution in [3.63, 3.8) is 0 Å². The Morgan fingerprint density at radius 3 is 2.90 bits per heavy atom. The normalized spacial score (nSPS) is 10.7. The number of aromatic nitrogens is 3. The Balaban J connectivity index is 1.70. The molecule has 0 unspecified atom stereocenters. The van der Waals surface area contributed by atoms with E-state index in [0.717, 1.165) is 0 Å². The van der Waals surface area contributed by atoms with Gasteiger partial charge in [0.1, 0.15) is 11.5 Å². The number of nitrogen functional groups attached to an aromatic ring is 1. The summed E-state index contributed by atoms with van der Waals surface area (Å²) in [5.74, 6) is 0.952. The Bertz CT molecular complexity index is 727. The van der Waals surface area contributed by atoms with Gasteiger partial charge in [-0.2, -0.15) is 4.98 Å². The van der Waals surface area contributed by atoms with Crippen LogP contribution in [0.5, 0.6) is 0 Å². The van der Waals surface area contributed by atoms with Crippen LogP contribution in [0.15, 0.2) is 52.0 Å². The van der Waals surface area contributed by atoms with Crippen LogP contribution in [-0.4, -0.2) is 15.1 Å². The number of hydrogen-bond acceptors (Lipinski definition) is 6. The Labute approximate surface area is 124 Å². The molecule has 0 saturated carbocycles. The summed E-state index contributed by atoms with van der Waals surface area (Å²) in [5, 5.41) is 3.87. The molecule has 5 nitrogen and oxygen atoms in total. The number of nitrogens with two attached hydrogens (primary N) is 1. The molecular weight excluding hydrogens is 291 g/mol. The van der Waals surface area contributed by atoms with Gasteiger partial charge in [-0.1, -0.05) is 11.2 Å². The van der Waals surface area contributed by atoms with Gasteiger partial charge in [0.05, 0.1) is 5.75 Å². The summed E-state index contributed by atoms with van der Waals surface area (Å²) in [6.45, 7) is 0. The maximum absolute atomic E-state index is 13.2. The van der Waals surface area contributed by atoms with E-state index in [9.17, 15) is 4.39 Å². The Morgan fingerprint density at radius 1 is 1.24 bits per heavy atom. The third-order valence-corrected chi connectivity index (χ3v) is 3.58. The van der Waals surface area contributed by atoms with E-state index in [1.807, 2.05) is 12.1 Å². The monoisotopic (exact) mass is 302 g/mol. The highest BCUT2D eigenvalue weighted by molar-refractivity contribution is 7.98. The molecule has 1 aromatic carbocycles. The molecule has 0 fully saturated rings. The second kappa shape index (κ2) is 5.92. The summed E-state index contributed by atoms with van der Waals surface area (Å²) in [5.41, 5.74) is 6.63. The van der Waals surface area contributed by atoms with E-state index in [1.165, 1.54) is 23.9 Å². The molecule has 7 heteroatoms. The van der Waals surface area contributed by atoms with Crippen LogP contribution < -0.4 is 5.73 Å². The lowest BCUT2D eigenvalue weighted by atomic mass is 10.3. The van der Waals surface area contributed by atoms with E-state index in [0.29, 0.717) is 33.7 Å². The van der Waals surface area contributed by atoms with Crippen molar-refractivity contribution in [1.29, 1.82) is 0 Å². The second-order valence-corrected chi connectivity index (χ2v) is 5.28. The van der Waals surface area contributed by atoms with E-state index in [1.54, 1.807) is 18.3 Å². The van der Waals surface area contributed by atoms with Crippen molar-refractivity contribution in [2.45, 2.75) is 10.6 Å². The van der Waals surface area contributed by atoms with Crippen LogP contribution in [0.1, 0.15) is 5.89 Å². The molecule has 0 aliphatic carbocycles. The third kappa shape index (κ3) is 3.38. The van der Waals surface area contributed by atoms with Crippen molar-refractivity contribution in [1.82, 2.24) is 15.1 Å². The predicted octanol–water partition coefficient (Wildman–Crippen LogP) is 3.15. The van der Waals surface area contributed by atoms with Crippen molar-refractivity contribution in [3.05, 3.63) is 54.3 Å². The van der Waals surface area contributed by atoms with Gasteiger partial charge in [-0.25, -0.2) is 4.39 Å². The number of pyridine rings is 1. The minimum Gasteiger partial charge on any atom is -0.399 e. The molecule has 0 amide bonds. The molecule has 2 N–H and O–H groups in total. The quantitative estimate of drug-likeness (QED) is 0.589. The molecular formula is C14H11FN4OS. The first-order chi connectivity index (χ1) is 10.2. The molecule has 21 heavy (non-hydrogen) atoms. The van der Waals surface area contributed by atoms with E-state index in [-0.39, 0.29) is 5.82 Å². The molecule has 0 saturated heterocycles. The smallest absolute Gasteiger partial charge is 0.237 e. The average molecular weight is 302 g/mol. The Kier molecular flexibility index (Phi) is 3.83. The summed E-state index contributed by atoms with van der Waals surface area (Å²) in [4.78, 5) is 9.11. The SMILES string of the molecule is Nc1cc(F)cc(SCc2nc(-c3ccccn3)no2)c1. The first-order valence-electron chi connectivity index (χ1n) is 6.13. The van der Waals surface area contributed by atoms with Crippen LogP contribution in [0.2, 0.25) is 0 Å². The van der Waals surface area contributed by atoms with Crippen LogP contribution in [0, 0.1) is 5.82 Å². The zero-order valence-electron chi connectivity index (χ0n) is 10.9. The van der Waals surface area contributed by atoms with Crippen molar-refractivity contribution in [2.24, 2.45) is 0 Å². The van der Waals surface area contributed by atoms with E-state index in [4.69, 9.17) is 10.3 Å². The van der Waals surface area contributed by atoms with Crippen LogP contribution in [-0.2, 0) is 5.75 Å². The molecule has 3 rings (SSSR count). The Morgan fingerprint density at radius 2 is 2.14 bits per heavy atom. The predicted molar refractivity (Wildman–Crippen MR) is 77.9 cm³/mol. The van der Waals surface area contributed by atoms with Gasteiger partial charge in [0, 0.05) is 16.8 Å². The molecule has 3 aromatic rings. The van der Waals surface area contributed by atoms with Crippen molar-refractivity contribution < 1.29 is 8.91 Å². The van der Waals surface area contributed by atoms with E-state index >= 15 is 0 Å². The molecule has 2 heterocycles. The van der Waals surface area contributed by atoms with Gasteiger partial charge in [0.2, 0.25) is 11.7 Å². The van der Waals surface area contributed by atoms with Crippen molar-refractivity contribution in [3.8, 4) is 11.5 Å². The fourth-order valence-electron chi connectivity index (χ4n) is 1.73. The first-order valence-corrected chi connectivity index (χ1v) is 7.12. The van der Waals surface area contributed by atoms with Crippen molar-refractivity contribution in [2.75, 3.05) is 5.73 Å². The van der Waals surface area contributed by atoms with Gasteiger partial charge in [-0.05, 0) is 30.3 Å². The largest absolute Gasteiger partial charge is 0.399 e. The summed E-state index contributed by atoms with van der Waals surface area (Å²) in [6.07, 6.45) is 1.66. The fourth-order valence-corrected chi connectivity index (χ4v) is 2.55. The molecule has 106 valence electrons. The number of hydrogen-bond donors (Lipinski definition) is 1. The number of rotatable bonds is 4. The number of benzene rings is 1. The van der Waals surface area contributed by atoms with Gasteiger partial charge >= 0.3 is 0 Å². The Hall–Kier alpha value is -2.41. The summed E-state index contributed by atoms with van der Waals surface area (Å²) >= 11 is 1.37. The zero-order valence-corrected chi connectivity index (χ0v) is 11.7. The standard InChI is InChI=1S/C14H11FN4OS/c15-9-5-10(16)7-11(6-9)21-8-13-18-14(19-20-13)12-3-1-2-4-17-12/h1-7H,8,16H2. The van der Waals surface area contributed by atoms with Crippen molar-refractivity contribution >= 4 is 17.4 Å². The van der Waals surface area contributed by atoms with Crippen LogP contribution in [0.4, 0.5) is 10.1 Å². The molecule has 2 aromatic heterocycles. The van der Waals surface area contributed by atoms with Crippen LogP contribution in [0.25, 0.3) is 11.5 Å². The lowest BCUT2D eigenvalue weighted by Gasteiger charge is -2.00. The molecule has 0 bridgehead atoms. The van der Waals surface area contributed by atoms with Gasteiger partial charge in [-0.3, -0.25) is 4.98 Å². The fraction of sp³-hybridized carbons (Fsp3) is 0.0714. The molecule has 0 aliphatic rings. The van der Waals surface area contributed by atoms with Gasteiger partial charge in [0.15, 0.2) is 0 Å². The first kappa shape index (κ1) is 13.6. The summed E-state index contributed by atoms with van der Waals surface area (Å²) < 4.78 is 18.4. The minimum atomic E-state index is -0.364. The average Bonchev–Trinajstić information content (AvgIpc) is 2.94. The number of nitrogens with zero attached hydrogens (tertiary/aromatic N) is 3. The zero-order chi connectivity index (χ0) is 14.7. The summed E-state index contributed by atoms with van der Waals surface area (Å²) in [7, 11) is 0. The van der Waals surface area contributed by atoms with Gasteiger partial charge in [-0.15, -0.1) is 11.8 Å². The molecule has 0 spiro atoms. The molecule has 0 atom stereocenters. The molecule has 0 aliphatic heterocycles. The lowest BCUT2D eigenvalue weighted by Crippen LogP contribution is -1.88. The second-order valence-electron chi connectivity index (χ2n) is 4.24. The maximum atomic E-state index is 13.2. The van der Waals surface area contributed by atoms with E-state index < -0.39 is 0 Å². The highest BCUT2D eigenvalue weighted by Crippen LogP contribution is 2.25. The number of anilines is 1. The number of thioether (sulfide) groups is 1. The summed E-state index contributed by atoms with van der Waals surface area (Å²) in [6, 6.07) is 9.85. The van der Waals surface area contributed by atoms with Gasteiger partial charge in [0.25, 0.3) is 0 Å². The topological polar surface area (TPSA) is 77.8 Å².